The molecule has 8 nitrogen and oxygen atoms in total. The van der Waals surface area contributed by atoms with Crippen molar-refractivity contribution in [1.82, 2.24) is 10.2 Å². The van der Waals surface area contributed by atoms with Crippen LogP contribution in [0.3, 0.4) is 0 Å². The Kier molecular flexibility index (Phi) is 7.49. The van der Waals surface area contributed by atoms with Gasteiger partial charge >= 0.3 is 0 Å². The third-order valence-corrected chi connectivity index (χ3v) is 9.00. The van der Waals surface area contributed by atoms with E-state index >= 15 is 0 Å². The Morgan fingerprint density at radius 3 is 2.53 bits per heavy atom. The van der Waals surface area contributed by atoms with Crippen molar-refractivity contribution < 1.29 is 24.2 Å². The smallest absolute Gasteiger partial charge is 0.245 e. The lowest BCUT2D eigenvalue weighted by atomic mass is 9.62. The van der Waals surface area contributed by atoms with Gasteiger partial charge in [0.2, 0.25) is 17.7 Å². The maximum absolute atomic E-state index is 14.2. The van der Waals surface area contributed by atoms with Crippen LogP contribution in [-0.2, 0) is 19.1 Å². The van der Waals surface area contributed by atoms with Crippen molar-refractivity contribution >= 4 is 23.4 Å². The van der Waals surface area contributed by atoms with E-state index in [1.54, 1.807) is 4.90 Å². The third kappa shape index (κ3) is 4.02. The number of nitrogens with zero attached hydrogens (tertiary/aromatic N) is 1. The Morgan fingerprint density at radius 2 is 1.92 bits per heavy atom. The molecule has 1 aromatic carbocycles. The van der Waals surface area contributed by atoms with Crippen molar-refractivity contribution in [3.63, 3.8) is 0 Å². The van der Waals surface area contributed by atoms with E-state index in [0.29, 0.717) is 18.7 Å². The summed E-state index contributed by atoms with van der Waals surface area (Å²) in [5.74, 6) is -2.40. The largest absolute Gasteiger partial charge is 0.394 e. The molecule has 1 aromatic rings. The first-order valence-corrected chi connectivity index (χ1v) is 13.4. The molecule has 2 bridgehead atoms. The predicted octanol–water partition coefficient (Wildman–Crippen LogP) is 2.96. The molecule has 4 rings (SSSR count). The highest BCUT2D eigenvalue weighted by molar-refractivity contribution is 6.02. The van der Waals surface area contributed by atoms with Gasteiger partial charge in [0.05, 0.1) is 30.1 Å². The average Bonchev–Trinajstić information content (AvgIpc) is 3.37. The van der Waals surface area contributed by atoms with Crippen molar-refractivity contribution in [2.24, 2.45) is 23.7 Å². The summed E-state index contributed by atoms with van der Waals surface area (Å²) in [6.45, 7) is 10.2. The highest BCUT2D eigenvalue weighted by atomic mass is 16.5. The third-order valence-electron chi connectivity index (χ3n) is 9.00. The number of rotatable bonds is 10. The van der Waals surface area contributed by atoms with Gasteiger partial charge in [-0.3, -0.25) is 14.4 Å². The molecule has 3 amide bonds. The number of nitrogens with one attached hydrogen (secondary N) is 2. The number of hydrogen-bond acceptors (Lipinski definition) is 5. The number of likely N-dealkylation sites (tertiary alicyclic amines) is 1. The first-order chi connectivity index (χ1) is 17.2. The van der Waals surface area contributed by atoms with Crippen molar-refractivity contribution in [1.29, 1.82) is 0 Å². The Hall–Kier alpha value is -2.45. The van der Waals surface area contributed by atoms with Crippen LogP contribution in [0.4, 0.5) is 5.69 Å². The minimum atomic E-state index is -1.11. The first-order valence-electron chi connectivity index (χ1n) is 13.4. The maximum Gasteiger partial charge on any atom is 0.245 e. The van der Waals surface area contributed by atoms with Gasteiger partial charge in [0.1, 0.15) is 11.6 Å². The van der Waals surface area contributed by atoms with E-state index in [1.165, 1.54) is 0 Å². The van der Waals surface area contributed by atoms with Crippen LogP contribution in [0.1, 0.15) is 60.3 Å². The van der Waals surface area contributed by atoms with E-state index < -0.39 is 35.1 Å². The van der Waals surface area contributed by atoms with Gasteiger partial charge in [0, 0.05) is 12.2 Å². The van der Waals surface area contributed by atoms with E-state index in [2.05, 4.69) is 17.6 Å². The quantitative estimate of drug-likeness (QED) is 0.429. The molecule has 3 heterocycles. The second-order valence-corrected chi connectivity index (χ2v) is 11.1. The second kappa shape index (κ2) is 10.1. The number of amides is 3. The molecule has 3 unspecified atom stereocenters. The summed E-state index contributed by atoms with van der Waals surface area (Å²) in [5, 5.41) is 16.4. The van der Waals surface area contributed by atoms with E-state index in [-0.39, 0.29) is 36.2 Å². The molecule has 3 aliphatic rings. The minimum Gasteiger partial charge on any atom is -0.394 e. The van der Waals surface area contributed by atoms with Crippen LogP contribution in [0.2, 0.25) is 0 Å². The summed E-state index contributed by atoms with van der Waals surface area (Å²) in [6, 6.07) is 7.75. The van der Waals surface area contributed by atoms with Crippen LogP contribution in [0.5, 0.6) is 0 Å². The fourth-order valence-corrected chi connectivity index (χ4v) is 6.77. The molecular weight excluding hydrogens is 458 g/mol. The van der Waals surface area contributed by atoms with Crippen molar-refractivity contribution in [2.75, 3.05) is 18.5 Å². The van der Waals surface area contributed by atoms with Crippen LogP contribution in [0.15, 0.2) is 30.3 Å². The van der Waals surface area contributed by atoms with Gasteiger partial charge in [0.15, 0.2) is 0 Å². The number of aliphatic hydroxyl groups excluding tert-OH is 1. The number of carbonyl (C=O) groups excluding carboxylic acids is 3. The molecule has 0 saturated carbocycles. The number of aliphatic hydroxyl groups is 1. The standard InChI is InChI=1S/C28H41N3O5/c1-6-8-14-29-25(34)23-28-15-18(4)27(5,36-28)21(24(33)30-19-12-10-9-11-13-19)22(28)26(35)31(23)20(16-32)17(3)7-2/h9-13,17-18,20-23,32H,6-8,14-16H2,1-5H3,(H,29,34)(H,30,33)/t17-,18?,20-,21+,22-,23?,27-,28?/m0/s1. The van der Waals surface area contributed by atoms with Crippen LogP contribution in [-0.4, -0.2) is 64.2 Å². The Balaban J connectivity index is 1.77. The number of ether oxygens (including phenoxy) is 1. The zero-order valence-electron chi connectivity index (χ0n) is 22.1. The van der Waals surface area contributed by atoms with Gasteiger partial charge in [-0.15, -0.1) is 0 Å². The zero-order valence-corrected chi connectivity index (χ0v) is 22.1. The Morgan fingerprint density at radius 1 is 1.22 bits per heavy atom. The highest BCUT2D eigenvalue weighted by Gasteiger charge is 2.80. The lowest BCUT2D eigenvalue weighted by molar-refractivity contribution is -0.151. The molecule has 0 aliphatic carbocycles. The Bertz CT molecular complexity index is 987. The molecule has 3 saturated heterocycles. The topological polar surface area (TPSA) is 108 Å². The number of carbonyl (C=O) groups is 3. The number of para-hydroxylation sites is 1. The summed E-state index contributed by atoms with van der Waals surface area (Å²) in [5.41, 5.74) is -1.33. The number of fused-ring (bicyclic) bond motifs is 1. The lowest BCUT2D eigenvalue weighted by Crippen LogP contribution is -2.59. The number of benzene rings is 1. The molecule has 3 fully saturated rings. The van der Waals surface area contributed by atoms with Crippen LogP contribution < -0.4 is 10.6 Å². The SMILES string of the molecule is CCCCNC(=O)C1N([C@@H](CO)[C@@H](C)CC)C(=O)[C@@H]2[C@H](C(=O)Nc3ccccc3)[C@@]3(C)OC12CC3C. The van der Waals surface area contributed by atoms with Crippen molar-refractivity contribution in [3.05, 3.63) is 30.3 Å². The molecular formula is C28H41N3O5. The molecule has 8 heteroatoms. The molecule has 8 atom stereocenters. The normalized spacial score (nSPS) is 34.4. The fraction of sp³-hybridized carbons (Fsp3) is 0.679. The van der Waals surface area contributed by atoms with E-state index in [4.69, 9.17) is 4.74 Å². The summed E-state index contributed by atoms with van der Waals surface area (Å²) >= 11 is 0. The van der Waals surface area contributed by atoms with E-state index in [0.717, 1.165) is 19.3 Å². The maximum atomic E-state index is 14.2. The summed E-state index contributed by atoms with van der Waals surface area (Å²) in [6.07, 6.45) is 3.01. The summed E-state index contributed by atoms with van der Waals surface area (Å²) < 4.78 is 6.74. The van der Waals surface area contributed by atoms with Gasteiger partial charge in [-0.05, 0) is 43.7 Å². The number of hydrogen-bond donors (Lipinski definition) is 3. The van der Waals surface area contributed by atoms with E-state index in [1.807, 2.05) is 58.0 Å². The van der Waals surface area contributed by atoms with Crippen molar-refractivity contribution in [3.8, 4) is 0 Å². The minimum absolute atomic E-state index is 0.0260. The fourth-order valence-electron chi connectivity index (χ4n) is 6.77. The van der Waals surface area contributed by atoms with Crippen LogP contribution in [0.25, 0.3) is 0 Å². The molecule has 198 valence electrons. The first kappa shape index (κ1) is 26.6. The lowest BCUT2D eigenvalue weighted by Gasteiger charge is -2.39. The van der Waals surface area contributed by atoms with Gasteiger partial charge in [-0.2, -0.15) is 0 Å². The monoisotopic (exact) mass is 499 g/mol. The van der Waals surface area contributed by atoms with E-state index in [9.17, 15) is 19.5 Å². The van der Waals surface area contributed by atoms with Crippen LogP contribution in [0, 0.1) is 23.7 Å². The second-order valence-electron chi connectivity index (χ2n) is 11.1. The molecule has 36 heavy (non-hydrogen) atoms. The van der Waals surface area contributed by atoms with Crippen molar-refractivity contribution in [2.45, 2.75) is 83.6 Å². The number of unbranched alkanes of at least 4 members (excludes halogenated alkanes) is 1. The van der Waals surface area contributed by atoms with Crippen LogP contribution >= 0.6 is 0 Å². The molecule has 3 N–H and O–H groups in total. The molecule has 3 aliphatic heterocycles. The Labute approximate surface area is 214 Å². The van der Waals surface area contributed by atoms with Gasteiger partial charge in [0.25, 0.3) is 0 Å². The molecule has 0 radical (unpaired) electrons. The van der Waals surface area contributed by atoms with Gasteiger partial charge < -0.3 is 25.4 Å². The highest BCUT2D eigenvalue weighted by Crippen LogP contribution is 2.65. The molecule has 1 spiro atoms. The van der Waals surface area contributed by atoms with Gasteiger partial charge in [-0.25, -0.2) is 0 Å². The molecule has 0 aromatic heterocycles. The van der Waals surface area contributed by atoms with Gasteiger partial charge in [-0.1, -0.05) is 58.7 Å². The number of anilines is 1. The zero-order chi connectivity index (χ0) is 26.3. The summed E-state index contributed by atoms with van der Waals surface area (Å²) in [4.78, 5) is 43.3. The summed E-state index contributed by atoms with van der Waals surface area (Å²) in [7, 11) is 0. The average molecular weight is 500 g/mol. The predicted molar refractivity (Wildman–Crippen MR) is 137 cm³/mol.